The Balaban J connectivity index is 1.61. The summed E-state index contributed by atoms with van der Waals surface area (Å²) in [5, 5.41) is 2.31. The van der Waals surface area contributed by atoms with E-state index >= 15 is 0 Å². The summed E-state index contributed by atoms with van der Waals surface area (Å²) in [4.78, 5) is 12.5. The first kappa shape index (κ1) is 20.6. The molecule has 3 rings (SSSR count). The van der Waals surface area contributed by atoms with Gasteiger partial charge >= 0.3 is 0 Å². The van der Waals surface area contributed by atoms with E-state index in [1.165, 1.54) is 31.2 Å². The third kappa shape index (κ3) is 6.47. The van der Waals surface area contributed by atoms with Crippen LogP contribution in [0.5, 0.6) is 0 Å². The lowest BCUT2D eigenvalue weighted by Gasteiger charge is -2.01. The van der Waals surface area contributed by atoms with Crippen LogP contribution in [0.1, 0.15) is 49.3 Å². The highest BCUT2D eigenvalue weighted by Gasteiger charge is 2.01. The Hall–Kier alpha value is -3.12. The lowest BCUT2D eigenvalue weighted by atomic mass is 10.0. The van der Waals surface area contributed by atoms with Gasteiger partial charge in [-0.25, -0.2) is 9.97 Å². The molecular formula is C25H23N3S. The quantitative estimate of drug-likeness (QED) is 0.200. The van der Waals surface area contributed by atoms with Gasteiger partial charge in [-0.1, -0.05) is 50.2 Å². The smallest absolute Gasteiger partial charge is 0.159 e. The van der Waals surface area contributed by atoms with Crippen LogP contribution >= 0.6 is 12.2 Å². The van der Waals surface area contributed by atoms with Crippen molar-refractivity contribution in [2.24, 2.45) is 4.99 Å². The van der Waals surface area contributed by atoms with Crippen molar-refractivity contribution >= 4 is 23.1 Å². The van der Waals surface area contributed by atoms with E-state index in [9.17, 15) is 0 Å². The van der Waals surface area contributed by atoms with E-state index in [4.69, 9.17) is 0 Å². The minimum absolute atomic E-state index is 0.596. The van der Waals surface area contributed by atoms with Gasteiger partial charge in [0.15, 0.2) is 5.82 Å². The van der Waals surface area contributed by atoms with Crippen LogP contribution in [0.25, 0.3) is 11.4 Å². The molecule has 1 aromatic heterocycles. The fourth-order valence-corrected chi connectivity index (χ4v) is 3.04. The summed E-state index contributed by atoms with van der Waals surface area (Å²) in [5.74, 6) is 7.10. The van der Waals surface area contributed by atoms with Gasteiger partial charge in [-0.3, -0.25) is 0 Å². The van der Waals surface area contributed by atoms with Gasteiger partial charge in [0.05, 0.1) is 17.6 Å². The Morgan fingerprint density at radius 2 is 1.45 bits per heavy atom. The van der Waals surface area contributed by atoms with E-state index in [-0.39, 0.29) is 0 Å². The maximum atomic E-state index is 4.58. The standard InChI is InChI=1S/C25H23N3S/c1-2-3-4-5-6-20-7-9-21(10-8-20)11-12-22-13-15-23(16-14-22)25-26-17-24(18-27-25)28-19-29/h7-10,13-18H,2-6H2,1H3. The van der Waals surface area contributed by atoms with Crippen LogP contribution in [0.3, 0.4) is 0 Å². The monoisotopic (exact) mass is 397 g/mol. The first-order valence-corrected chi connectivity index (χ1v) is 10.3. The Bertz CT molecular complexity index is 1020. The molecule has 144 valence electrons. The molecule has 3 nitrogen and oxygen atoms in total. The highest BCUT2D eigenvalue weighted by atomic mass is 32.1. The lowest BCUT2D eigenvalue weighted by Crippen LogP contribution is -1.87. The van der Waals surface area contributed by atoms with Crippen LogP contribution in [-0.4, -0.2) is 15.1 Å². The van der Waals surface area contributed by atoms with Crippen molar-refractivity contribution in [2.75, 3.05) is 0 Å². The first-order valence-electron chi connectivity index (χ1n) is 9.90. The fourth-order valence-electron chi connectivity index (χ4n) is 2.94. The molecule has 0 radical (unpaired) electrons. The summed E-state index contributed by atoms with van der Waals surface area (Å²) in [6.07, 6.45) is 9.57. The number of benzene rings is 2. The van der Waals surface area contributed by atoms with Crippen LogP contribution in [0, 0.1) is 11.8 Å². The predicted molar refractivity (Wildman–Crippen MR) is 122 cm³/mol. The molecule has 0 fully saturated rings. The number of hydrogen-bond donors (Lipinski definition) is 0. The second-order valence-corrected chi connectivity index (χ2v) is 6.99. The molecule has 0 saturated carbocycles. The molecule has 0 aliphatic rings. The number of aliphatic imine (C=N–C) groups is 1. The third-order valence-electron chi connectivity index (χ3n) is 4.58. The van der Waals surface area contributed by atoms with E-state index < -0.39 is 0 Å². The van der Waals surface area contributed by atoms with Crippen LogP contribution in [0.15, 0.2) is 65.9 Å². The summed E-state index contributed by atoms with van der Waals surface area (Å²) < 4.78 is 0. The number of hydrogen-bond acceptors (Lipinski definition) is 4. The maximum Gasteiger partial charge on any atom is 0.159 e. The van der Waals surface area contributed by atoms with E-state index in [2.05, 4.69) is 75.4 Å². The molecular weight excluding hydrogens is 374 g/mol. The molecule has 4 heteroatoms. The molecule has 0 aliphatic heterocycles. The summed E-state index contributed by atoms with van der Waals surface area (Å²) in [7, 11) is 0. The van der Waals surface area contributed by atoms with Crippen molar-refractivity contribution in [1.82, 2.24) is 9.97 Å². The molecule has 0 spiro atoms. The Kier molecular flexibility index (Phi) is 7.83. The van der Waals surface area contributed by atoms with Gasteiger partial charge in [0.2, 0.25) is 0 Å². The second-order valence-electron chi connectivity index (χ2n) is 6.80. The molecule has 0 amide bonds. The molecule has 0 N–H and O–H groups in total. The summed E-state index contributed by atoms with van der Waals surface area (Å²) >= 11 is 4.58. The van der Waals surface area contributed by atoms with Gasteiger partial charge < -0.3 is 0 Å². The number of aromatic nitrogens is 2. The number of rotatable bonds is 7. The number of thiocarbonyl (C=S) groups is 1. The average molecular weight is 398 g/mol. The molecule has 0 atom stereocenters. The van der Waals surface area contributed by atoms with Gasteiger partial charge in [-0.2, -0.15) is 4.99 Å². The molecule has 0 saturated heterocycles. The SMILES string of the molecule is CCCCCCc1ccc(C#Cc2ccc(-c3ncc(N=C=S)cn3)cc2)cc1. The van der Waals surface area contributed by atoms with Crippen molar-refractivity contribution in [3.63, 3.8) is 0 Å². The zero-order chi connectivity index (χ0) is 20.3. The van der Waals surface area contributed by atoms with Crippen molar-refractivity contribution in [2.45, 2.75) is 39.0 Å². The normalized spacial score (nSPS) is 9.97. The largest absolute Gasteiger partial charge is 0.234 e. The molecule has 0 bridgehead atoms. The van der Waals surface area contributed by atoms with Crippen LogP contribution in [0.4, 0.5) is 5.69 Å². The van der Waals surface area contributed by atoms with Crippen molar-refractivity contribution in [1.29, 1.82) is 0 Å². The second kappa shape index (κ2) is 11.0. The Labute approximate surface area is 178 Å². The van der Waals surface area contributed by atoms with E-state index in [0.29, 0.717) is 11.5 Å². The molecule has 29 heavy (non-hydrogen) atoms. The first-order chi connectivity index (χ1) is 14.3. The molecule has 0 aliphatic carbocycles. The summed E-state index contributed by atoms with van der Waals surface area (Å²) in [5.41, 5.74) is 4.90. The van der Waals surface area contributed by atoms with Gasteiger partial charge in [0, 0.05) is 16.7 Å². The zero-order valence-corrected chi connectivity index (χ0v) is 17.4. The number of unbranched alkanes of at least 4 members (excludes halogenated alkanes) is 3. The van der Waals surface area contributed by atoms with Crippen molar-refractivity contribution in [3.05, 3.63) is 77.6 Å². The summed E-state index contributed by atoms with van der Waals surface area (Å²) in [6.45, 7) is 2.24. The Morgan fingerprint density at radius 3 is 2.03 bits per heavy atom. The van der Waals surface area contributed by atoms with E-state index in [1.807, 2.05) is 24.3 Å². The molecule has 2 aromatic carbocycles. The van der Waals surface area contributed by atoms with Gasteiger partial charge in [-0.05, 0) is 67.0 Å². The van der Waals surface area contributed by atoms with E-state index in [1.54, 1.807) is 12.4 Å². The van der Waals surface area contributed by atoms with Crippen LogP contribution in [-0.2, 0) is 6.42 Å². The van der Waals surface area contributed by atoms with Crippen molar-refractivity contribution < 1.29 is 0 Å². The summed E-state index contributed by atoms with van der Waals surface area (Å²) in [6, 6.07) is 16.5. The van der Waals surface area contributed by atoms with Crippen LogP contribution in [0.2, 0.25) is 0 Å². The molecule has 3 aromatic rings. The predicted octanol–water partition coefficient (Wildman–Crippen LogP) is 6.40. The van der Waals surface area contributed by atoms with Crippen LogP contribution < -0.4 is 0 Å². The highest BCUT2D eigenvalue weighted by Crippen LogP contribution is 2.17. The molecule has 1 heterocycles. The average Bonchev–Trinajstić information content (AvgIpc) is 2.77. The topological polar surface area (TPSA) is 38.1 Å². The number of nitrogens with zero attached hydrogens (tertiary/aromatic N) is 3. The number of isothiocyanates is 1. The zero-order valence-electron chi connectivity index (χ0n) is 16.6. The lowest BCUT2D eigenvalue weighted by molar-refractivity contribution is 0.667. The Morgan fingerprint density at radius 1 is 0.828 bits per heavy atom. The maximum absolute atomic E-state index is 4.58. The van der Waals surface area contributed by atoms with Gasteiger partial charge in [0.1, 0.15) is 5.69 Å². The van der Waals surface area contributed by atoms with E-state index in [0.717, 1.165) is 23.1 Å². The number of aryl methyl sites for hydroxylation is 1. The van der Waals surface area contributed by atoms with Gasteiger partial charge in [-0.15, -0.1) is 0 Å². The van der Waals surface area contributed by atoms with Crippen molar-refractivity contribution in [3.8, 4) is 23.2 Å². The fraction of sp³-hybridized carbons (Fsp3) is 0.240. The third-order valence-corrected chi connectivity index (χ3v) is 4.67. The van der Waals surface area contributed by atoms with Gasteiger partial charge in [0.25, 0.3) is 0 Å². The minimum Gasteiger partial charge on any atom is -0.234 e. The highest BCUT2D eigenvalue weighted by molar-refractivity contribution is 7.78. The minimum atomic E-state index is 0.596. The molecule has 0 unspecified atom stereocenters.